The van der Waals surface area contributed by atoms with Gasteiger partial charge in [0.15, 0.2) is 0 Å². The maximum atomic E-state index is 13.7. The third-order valence-electron chi connectivity index (χ3n) is 5.26. The molecule has 4 rings (SSSR count). The molecule has 0 spiro atoms. The Labute approximate surface area is 189 Å². The van der Waals surface area contributed by atoms with Crippen molar-refractivity contribution in [2.75, 3.05) is 6.61 Å². The maximum Gasteiger partial charge on any atom is 0.258 e. The third-order valence-corrected chi connectivity index (χ3v) is 5.26. The van der Waals surface area contributed by atoms with Gasteiger partial charge < -0.3 is 9.64 Å². The first kappa shape index (κ1) is 21.3. The Balaban J connectivity index is 1.71. The normalized spacial score (nSPS) is 10.5. The molecule has 0 saturated carbocycles. The van der Waals surface area contributed by atoms with Gasteiger partial charge in [0.2, 0.25) is 0 Å². The largest absolute Gasteiger partial charge is 0.493 e. The molecular formula is C28H26N2O2. The van der Waals surface area contributed by atoms with Gasteiger partial charge in [-0.2, -0.15) is 0 Å². The van der Waals surface area contributed by atoms with Crippen LogP contribution in [-0.2, 0) is 13.1 Å². The average molecular weight is 423 g/mol. The number of hydrogen-bond donors (Lipinski definition) is 0. The number of nitrogens with zero attached hydrogens (tertiary/aromatic N) is 2. The summed E-state index contributed by atoms with van der Waals surface area (Å²) < 4.78 is 5.74. The third kappa shape index (κ3) is 5.03. The number of amides is 1. The van der Waals surface area contributed by atoms with E-state index in [4.69, 9.17) is 4.74 Å². The van der Waals surface area contributed by atoms with Gasteiger partial charge in [-0.05, 0) is 47.4 Å². The number of rotatable bonds is 8. The molecule has 0 fully saturated rings. The van der Waals surface area contributed by atoms with Crippen LogP contribution in [0.25, 0.3) is 11.1 Å². The summed E-state index contributed by atoms with van der Waals surface area (Å²) in [5.74, 6) is 0.535. The highest BCUT2D eigenvalue weighted by Crippen LogP contribution is 2.27. The van der Waals surface area contributed by atoms with Gasteiger partial charge in [-0.3, -0.25) is 9.78 Å². The van der Waals surface area contributed by atoms with Crippen molar-refractivity contribution < 1.29 is 9.53 Å². The summed E-state index contributed by atoms with van der Waals surface area (Å²) in [6.45, 7) is 3.35. The molecule has 0 bridgehead atoms. The minimum Gasteiger partial charge on any atom is -0.493 e. The lowest BCUT2D eigenvalue weighted by atomic mass is 9.99. The van der Waals surface area contributed by atoms with Crippen molar-refractivity contribution in [3.63, 3.8) is 0 Å². The number of para-hydroxylation sites is 1. The topological polar surface area (TPSA) is 42.4 Å². The Morgan fingerprint density at radius 3 is 2.38 bits per heavy atom. The van der Waals surface area contributed by atoms with Crippen LogP contribution in [0.1, 0.15) is 28.4 Å². The summed E-state index contributed by atoms with van der Waals surface area (Å²) in [6, 6.07) is 29.8. The average Bonchev–Trinajstić information content (AvgIpc) is 2.85. The standard InChI is InChI=1S/C28H26N2O2/c1-2-32-27-17-9-8-16-26(27)28(31)30(20-22-11-10-18-29-19-22)21-24-14-6-7-15-25(24)23-12-4-3-5-13-23/h3-19H,2,20-21H2,1H3. The van der Waals surface area contributed by atoms with Gasteiger partial charge in [-0.15, -0.1) is 0 Å². The van der Waals surface area contributed by atoms with Crippen LogP contribution in [0.2, 0.25) is 0 Å². The highest BCUT2D eigenvalue weighted by atomic mass is 16.5. The van der Waals surface area contributed by atoms with E-state index in [1.165, 1.54) is 0 Å². The Morgan fingerprint density at radius 1 is 0.844 bits per heavy atom. The quantitative estimate of drug-likeness (QED) is 0.350. The fourth-order valence-electron chi connectivity index (χ4n) is 3.77. The fourth-order valence-corrected chi connectivity index (χ4v) is 3.77. The summed E-state index contributed by atoms with van der Waals surface area (Å²) in [4.78, 5) is 19.8. The maximum absolute atomic E-state index is 13.7. The van der Waals surface area contributed by atoms with E-state index < -0.39 is 0 Å². The van der Waals surface area contributed by atoms with E-state index in [1.807, 2.05) is 78.6 Å². The molecule has 1 amide bonds. The highest BCUT2D eigenvalue weighted by molar-refractivity contribution is 5.97. The van der Waals surface area contributed by atoms with E-state index in [0.717, 1.165) is 22.3 Å². The molecule has 0 saturated heterocycles. The number of benzene rings is 3. The molecule has 0 aliphatic rings. The van der Waals surface area contributed by atoms with Gasteiger partial charge >= 0.3 is 0 Å². The van der Waals surface area contributed by atoms with Crippen LogP contribution in [-0.4, -0.2) is 22.4 Å². The van der Waals surface area contributed by atoms with Crippen LogP contribution in [0, 0.1) is 0 Å². The van der Waals surface area contributed by atoms with Gasteiger partial charge in [0, 0.05) is 25.5 Å². The molecule has 160 valence electrons. The monoisotopic (exact) mass is 422 g/mol. The Bertz CT molecular complexity index is 1160. The number of pyridine rings is 1. The van der Waals surface area contributed by atoms with Gasteiger partial charge in [0.1, 0.15) is 5.75 Å². The summed E-state index contributed by atoms with van der Waals surface area (Å²) >= 11 is 0. The van der Waals surface area contributed by atoms with Gasteiger partial charge in [0.05, 0.1) is 12.2 Å². The van der Waals surface area contributed by atoms with E-state index in [-0.39, 0.29) is 5.91 Å². The molecule has 32 heavy (non-hydrogen) atoms. The van der Waals surface area contributed by atoms with Crippen molar-refractivity contribution in [2.45, 2.75) is 20.0 Å². The zero-order chi connectivity index (χ0) is 22.2. The Kier molecular flexibility index (Phi) is 6.93. The second-order valence-corrected chi connectivity index (χ2v) is 7.47. The molecule has 0 atom stereocenters. The molecule has 0 aliphatic carbocycles. The Morgan fingerprint density at radius 2 is 1.59 bits per heavy atom. The van der Waals surface area contributed by atoms with Crippen molar-refractivity contribution in [3.8, 4) is 16.9 Å². The summed E-state index contributed by atoms with van der Waals surface area (Å²) in [5.41, 5.74) is 4.88. The van der Waals surface area contributed by atoms with E-state index in [2.05, 4.69) is 29.2 Å². The van der Waals surface area contributed by atoms with Crippen LogP contribution in [0.5, 0.6) is 5.75 Å². The van der Waals surface area contributed by atoms with E-state index in [1.54, 1.807) is 12.4 Å². The van der Waals surface area contributed by atoms with Crippen molar-refractivity contribution >= 4 is 5.91 Å². The smallest absolute Gasteiger partial charge is 0.258 e. The molecule has 4 heteroatoms. The molecule has 0 aliphatic heterocycles. The molecular weight excluding hydrogens is 396 g/mol. The van der Waals surface area contributed by atoms with Crippen LogP contribution in [0.3, 0.4) is 0 Å². The SMILES string of the molecule is CCOc1ccccc1C(=O)N(Cc1cccnc1)Cc1ccccc1-c1ccccc1. The molecule has 0 unspecified atom stereocenters. The first-order valence-electron chi connectivity index (χ1n) is 10.8. The van der Waals surface area contributed by atoms with Crippen LogP contribution < -0.4 is 4.74 Å². The minimum absolute atomic E-state index is 0.0687. The van der Waals surface area contributed by atoms with Crippen molar-refractivity contribution in [2.24, 2.45) is 0 Å². The van der Waals surface area contributed by atoms with Crippen molar-refractivity contribution in [1.29, 1.82) is 0 Å². The summed E-state index contributed by atoms with van der Waals surface area (Å²) in [5, 5.41) is 0. The number of ether oxygens (including phenoxy) is 1. The predicted octanol–water partition coefficient (Wildman–Crippen LogP) is 5.99. The molecule has 0 N–H and O–H groups in total. The molecule has 1 heterocycles. The van der Waals surface area contributed by atoms with Crippen molar-refractivity contribution in [1.82, 2.24) is 9.88 Å². The first-order chi connectivity index (χ1) is 15.8. The van der Waals surface area contributed by atoms with E-state index in [9.17, 15) is 4.79 Å². The van der Waals surface area contributed by atoms with Crippen LogP contribution >= 0.6 is 0 Å². The fraction of sp³-hybridized carbons (Fsp3) is 0.143. The van der Waals surface area contributed by atoms with Crippen LogP contribution in [0.15, 0.2) is 103 Å². The van der Waals surface area contributed by atoms with Crippen LogP contribution in [0.4, 0.5) is 0 Å². The zero-order valence-electron chi connectivity index (χ0n) is 18.1. The lowest BCUT2D eigenvalue weighted by Gasteiger charge is -2.25. The molecule has 3 aromatic carbocycles. The van der Waals surface area contributed by atoms with E-state index >= 15 is 0 Å². The number of hydrogen-bond acceptors (Lipinski definition) is 3. The van der Waals surface area contributed by atoms with E-state index in [0.29, 0.717) is 31.0 Å². The number of carbonyl (C=O) groups is 1. The van der Waals surface area contributed by atoms with Crippen molar-refractivity contribution in [3.05, 3.63) is 120 Å². The second-order valence-electron chi connectivity index (χ2n) is 7.47. The van der Waals surface area contributed by atoms with Gasteiger partial charge in [-0.1, -0.05) is 72.8 Å². The summed E-state index contributed by atoms with van der Waals surface area (Å²) in [6.07, 6.45) is 3.54. The van der Waals surface area contributed by atoms with Gasteiger partial charge in [0.25, 0.3) is 5.91 Å². The Hall–Kier alpha value is -3.92. The second kappa shape index (κ2) is 10.4. The predicted molar refractivity (Wildman–Crippen MR) is 127 cm³/mol. The minimum atomic E-state index is -0.0687. The lowest BCUT2D eigenvalue weighted by Crippen LogP contribution is -2.30. The summed E-state index contributed by atoms with van der Waals surface area (Å²) in [7, 11) is 0. The van der Waals surface area contributed by atoms with Gasteiger partial charge in [-0.25, -0.2) is 0 Å². The first-order valence-corrected chi connectivity index (χ1v) is 10.8. The molecule has 4 nitrogen and oxygen atoms in total. The molecule has 4 aromatic rings. The zero-order valence-corrected chi connectivity index (χ0v) is 18.1. The number of aromatic nitrogens is 1. The lowest BCUT2D eigenvalue weighted by molar-refractivity contribution is 0.0726. The highest BCUT2D eigenvalue weighted by Gasteiger charge is 2.21. The molecule has 0 radical (unpaired) electrons. The number of carbonyl (C=O) groups excluding carboxylic acids is 1. The molecule has 1 aromatic heterocycles.